The van der Waals surface area contributed by atoms with Gasteiger partial charge in [-0.15, -0.1) is 0 Å². The van der Waals surface area contributed by atoms with Crippen LogP contribution in [0.1, 0.15) is 43.0 Å². The molecule has 0 unspecified atom stereocenters. The molecule has 0 amide bonds. The Balaban J connectivity index is 2.03. The average Bonchev–Trinajstić information content (AvgIpc) is 2.45. The first-order valence-corrected chi connectivity index (χ1v) is 7.42. The monoisotopic (exact) mass is 283 g/mol. The molecule has 21 heavy (non-hydrogen) atoms. The van der Waals surface area contributed by atoms with E-state index in [-0.39, 0.29) is 5.41 Å². The number of hydrogen-bond donors (Lipinski definition) is 1. The molecule has 0 radical (unpaired) electrons. The van der Waals surface area contributed by atoms with E-state index >= 15 is 0 Å². The molecule has 0 saturated heterocycles. The van der Waals surface area contributed by atoms with Crippen LogP contribution >= 0.6 is 0 Å². The minimum absolute atomic E-state index is 0.174. The summed E-state index contributed by atoms with van der Waals surface area (Å²) in [7, 11) is 0. The topological polar surface area (TPSA) is 35.2 Å². The first kappa shape index (κ1) is 15.6. The molecule has 2 N–H and O–H groups in total. The van der Waals surface area contributed by atoms with Crippen LogP contribution in [-0.2, 0) is 18.6 Å². The maximum atomic E-state index is 5.88. The summed E-state index contributed by atoms with van der Waals surface area (Å²) in [5.74, 6) is 0.908. The van der Waals surface area contributed by atoms with Crippen molar-refractivity contribution >= 4 is 0 Å². The predicted molar refractivity (Wildman–Crippen MR) is 88.5 cm³/mol. The number of rotatable bonds is 4. The SMILES string of the molecule is Cc1cc(CN)ccc1COc1ccc(C(C)(C)C)cc1. The molecule has 0 fully saturated rings. The van der Waals surface area contributed by atoms with Crippen LogP contribution in [0.2, 0.25) is 0 Å². The van der Waals surface area contributed by atoms with E-state index in [1.165, 1.54) is 16.7 Å². The standard InChI is InChI=1S/C19H25NO/c1-14-11-15(12-20)5-6-16(14)13-21-18-9-7-17(8-10-18)19(2,3)4/h5-11H,12-13,20H2,1-4H3. The number of aryl methyl sites for hydroxylation is 1. The fraction of sp³-hybridized carbons (Fsp3) is 0.368. The van der Waals surface area contributed by atoms with Crippen molar-refractivity contribution in [1.29, 1.82) is 0 Å². The molecule has 2 aromatic rings. The van der Waals surface area contributed by atoms with Gasteiger partial charge in [0.2, 0.25) is 0 Å². The van der Waals surface area contributed by atoms with Crippen LogP contribution in [0.4, 0.5) is 0 Å². The second kappa shape index (κ2) is 6.31. The number of benzene rings is 2. The number of ether oxygens (including phenoxy) is 1. The van der Waals surface area contributed by atoms with Crippen molar-refractivity contribution < 1.29 is 4.74 Å². The molecule has 0 heterocycles. The molecular weight excluding hydrogens is 258 g/mol. The molecule has 0 aliphatic heterocycles. The van der Waals surface area contributed by atoms with Gasteiger partial charge < -0.3 is 10.5 Å². The maximum absolute atomic E-state index is 5.88. The zero-order chi connectivity index (χ0) is 15.5. The molecule has 0 spiro atoms. The Labute approximate surface area is 127 Å². The van der Waals surface area contributed by atoms with Gasteiger partial charge in [-0.05, 0) is 46.7 Å². The van der Waals surface area contributed by atoms with Gasteiger partial charge in [-0.25, -0.2) is 0 Å². The van der Waals surface area contributed by atoms with E-state index in [0.717, 1.165) is 11.3 Å². The average molecular weight is 283 g/mol. The van der Waals surface area contributed by atoms with Gasteiger partial charge in [-0.1, -0.05) is 51.1 Å². The van der Waals surface area contributed by atoms with E-state index in [9.17, 15) is 0 Å². The minimum Gasteiger partial charge on any atom is -0.489 e. The summed E-state index contributed by atoms with van der Waals surface area (Å²) in [6.45, 7) is 9.91. The highest BCUT2D eigenvalue weighted by atomic mass is 16.5. The Morgan fingerprint density at radius 1 is 1.00 bits per heavy atom. The summed E-state index contributed by atoms with van der Waals surface area (Å²) in [5, 5.41) is 0. The second-order valence-electron chi connectivity index (χ2n) is 6.53. The molecule has 0 saturated carbocycles. The highest BCUT2D eigenvalue weighted by Gasteiger charge is 2.13. The Morgan fingerprint density at radius 3 is 2.19 bits per heavy atom. The fourth-order valence-corrected chi connectivity index (χ4v) is 2.26. The van der Waals surface area contributed by atoms with Gasteiger partial charge in [0.1, 0.15) is 12.4 Å². The Bertz CT molecular complexity index is 594. The lowest BCUT2D eigenvalue weighted by Crippen LogP contribution is -2.10. The third-order valence-electron chi connectivity index (χ3n) is 3.76. The Morgan fingerprint density at radius 2 is 1.67 bits per heavy atom. The molecule has 0 atom stereocenters. The molecule has 2 nitrogen and oxygen atoms in total. The maximum Gasteiger partial charge on any atom is 0.119 e. The smallest absolute Gasteiger partial charge is 0.119 e. The quantitative estimate of drug-likeness (QED) is 0.906. The summed E-state index contributed by atoms with van der Waals surface area (Å²) < 4.78 is 5.88. The molecule has 0 aliphatic carbocycles. The van der Waals surface area contributed by atoms with Crippen molar-refractivity contribution in [2.45, 2.75) is 46.3 Å². The van der Waals surface area contributed by atoms with Gasteiger partial charge in [0.15, 0.2) is 0 Å². The summed E-state index contributed by atoms with van der Waals surface area (Å²) >= 11 is 0. The van der Waals surface area contributed by atoms with Crippen molar-refractivity contribution in [2.75, 3.05) is 0 Å². The second-order valence-corrected chi connectivity index (χ2v) is 6.53. The predicted octanol–water partition coefficient (Wildman–Crippen LogP) is 4.33. The summed E-state index contributed by atoms with van der Waals surface area (Å²) in [4.78, 5) is 0. The lowest BCUT2D eigenvalue weighted by Gasteiger charge is -2.19. The third kappa shape index (κ3) is 4.08. The van der Waals surface area contributed by atoms with Crippen LogP contribution in [0.3, 0.4) is 0 Å². The zero-order valence-corrected chi connectivity index (χ0v) is 13.4. The summed E-state index contributed by atoms with van der Waals surface area (Å²) in [6, 6.07) is 14.7. The zero-order valence-electron chi connectivity index (χ0n) is 13.4. The van der Waals surface area contributed by atoms with E-state index in [1.807, 2.05) is 12.1 Å². The van der Waals surface area contributed by atoms with Crippen LogP contribution in [0.25, 0.3) is 0 Å². The van der Waals surface area contributed by atoms with E-state index in [4.69, 9.17) is 10.5 Å². The molecular formula is C19H25NO. The van der Waals surface area contributed by atoms with Crippen molar-refractivity contribution in [3.63, 3.8) is 0 Å². The van der Waals surface area contributed by atoms with Crippen LogP contribution in [0.15, 0.2) is 42.5 Å². The molecule has 2 rings (SSSR count). The van der Waals surface area contributed by atoms with Gasteiger partial charge in [0.05, 0.1) is 0 Å². The first-order chi connectivity index (χ1) is 9.90. The summed E-state index contributed by atoms with van der Waals surface area (Å²) in [5.41, 5.74) is 10.7. The van der Waals surface area contributed by atoms with Crippen LogP contribution in [0.5, 0.6) is 5.75 Å². The normalized spacial score (nSPS) is 11.5. The Kier molecular flexibility index (Phi) is 4.69. The molecule has 0 aliphatic rings. The fourth-order valence-electron chi connectivity index (χ4n) is 2.26. The van der Waals surface area contributed by atoms with Crippen molar-refractivity contribution in [2.24, 2.45) is 5.73 Å². The Hall–Kier alpha value is -1.80. The molecule has 2 aromatic carbocycles. The van der Waals surface area contributed by atoms with Crippen molar-refractivity contribution in [1.82, 2.24) is 0 Å². The lowest BCUT2D eigenvalue weighted by molar-refractivity contribution is 0.305. The molecule has 0 bridgehead atoms. The molecule has 0 aromatic heterocycles. The van der Waals surface area contributed by atoms with Crippen molar-refractivity contribution in [3.8, 4) is 5.75 Å². The number of nitrogens with two attached hydrogens (primary N) is 1. The third-order valence-corrected chi connectivity index (χ3v) is 3.76. The van der Waals surface area contributed by atoms with Crippen LogP contribution in [-0.4, -0.2) is 0 Å². The largest absolute Gasteiger partial charge is 0.489 e. The van der Waals surface area contributed by atoms with E-state index in [1.54, 1.807) is 0 Å². The molecule has 2 heteroatoms. The van der Waals surface area contributed by atoms with Crippen LogP contribution in [0, 0.1) is 6.92 Å². The number of hydrogen-bond acceptors (Lipinski definition) is 2. The van der Waals surface area contributed by atoms with Crippen LogP contribution < -0.4 is 10.5 Å². The van der Waals surface area contributed by atoms with E-state index in [2.05, 4.69) is 58.0 Å². The van der Waals surface area contributed by atoms with Gasteiger partial charge >= 0.3 is 0 Å². The van der Waals surface area contributed by atoms with Crippen molar-refractivity contribution in [3.05, 3.63) is 64.7 Å². The minimum atomic E-state index is 0.174. The van der Waals surface area contributed by atoms with Gasteiger partial charge in [0.25, 0.3) is 0 Å². The van der Waals surface area contributed by atoms with E-state index < -0.39 is 0 Å². The first-order valence-electron chi connectivity index (χ1n) is 7.42. The highest BCUT2D eigenvalue weighted by Crippen LogP contribution is 2.24. The molecule has 112 valence electrons. The highest BCUT2D eigenvalue weighted by molar-refractivity contribution is 5.33. The van der Waals surface area contributed by atoms with Gasteiger partial charge in [-0.2, -0.15) is 0 Å². The summed E-state index contributed by atoms with van der Waals surface area (Å²) in [6.07, 6.45) is 0. The van der Waals surface area contributed by atoms with Gasteiger partial charge in [0, 0.05) is 6.54 Å². The lowest BCUT2D eigenvalue weighted by atomic mass is 9.87. The van der Waals surface area contributed by atoms with Gasteiger partial charge in [-0.3, -0.25) is 0 Å². The van der Waals surface area contributed by atoms with E-state index in [0.29, 0.717) is 13.2 Å².